The highest BCUT2D eigenvalue weighted by molar-refractivity contribution is 7.09. The summed E-state index contributed by atoms with van der Waals surface area (Å²) in [4.78, 5) is 18.2. The second-order valence-electron chi connectivity index (χ2n) is 6.15. The van der Waals surface area contributed by atoms with Gasteiger partial charge in [0, 0.05) is 42.2 Å². The number of hydrogen-bond acceptors (Lipinski definition) is 6. The molecule has 3 aromatic rings. The molecule has 6 heteroatoms. The number of nitrogens with one attached hydrogen (secondary N) is 1. The Morgan fingerprint density at radius 1 is 1.12 bits per heavy atom. The van der Waals surface area contributed by atoms with E-state index < -0.39 is 0 Å². The summed E-state index contributed by atoms with van der Waals surface area (Å²) >= 11 is 1.74. The van der Waals surface area contributed by atoms with Crippen molar-refractivity contribution in [2.45, 2.75) is 39.5 Å². The minimum atomic E-state index is 0.488. The van der Waals surface area contributed by atoms with E-state index in [1.54, 1.807) is 17.5 Å². The summed E-state index contributed by atoms with van der Waals surface area (Å²) < 4.78 is 0. The number of aromatic nitrogens is 4. The molecule has 0 aromatic carbocycles. The predicted octanol–water partition coefficient (Wildman–Crippen LogP) is 4.34. The zero-order valence-corrected chi connectivity index (χ0v) is 15.7. The fraction of sp³-hybridized carbons (Fsp3) is 0.368. The number of nitrogens with zero attached hydrogens (tertiary/aromatic N) is 4. The van der Waals surface area contributed by atoms with Crippen LogP contribution in [0, 0.1) is 0 Å². The first-order chi connectivity index (χ1) is 12.2. The fourth-order valence-electron chi connectivity index (χ4n) is 2.40. The minimum Gasteiger partial charge on any atom is -0.370 e. The van der Waals surface area contributed by atoms with E-state index >= 15 is 0 Å². The maximum absolute atomic E-state index is 4.68. The number of rotatable bonds is 7. The summed E-state index contributed by atoms with van der Waals surface area (Å²) in [6.07, 6.45) is 3.51. The van der Waals surface area contributed by atoms with Crippen molar-refractivity contribution in [1.29, 1.82) is 0 Å². The average molecular weight is 353 g/mol. The highest BCUT2D eigenvalue weighted by Crippen LogP contribution is 2.20. The Bertz CT molecular complexity index is 814. The standard InChI is InChI=1S/C19H23N5S/c1-4-14-11-17(24-18(22-14)16-7-5-6-9-20-16)21-10-8-15-12-25-19(23-15)13(2)3/h5-7,9,11-13H,4,8,10H2,1-3H3,(H,21,22,24). The predicted molar refractivity (Wildman–Crippen MR) is 103 cm³/mol. The first-order valence-corrected chi connectivity index (χ1v) is 9.51. The van der Waals surface area contributed by atoms with Gasteiger partial charge >= 0.3 is 0 Å². The number of thiazole rings is 1. The minimum absolute atomic E-state index is 0.488. The molecule has 5 nitrogen and oxygen atoms in total. The molecule has 0 saturated heterocycles. The molecule has 0 aliphatic heterocycles. The molecule has 0 radical (unpaired) electrons. The second kappa shape index (κ2) is 8.16. The van der Waals surface area contributed by atoms with E-state index in [1.807, 2.05) is 24.3 Å². The fourth-order valence-corrected chi connectivity index (χ4v) is 3.27. The van der Waals surface area contributed by atoms with Crippen LogP contribution in [0.4, 0.5) is 5.82 Å². The molecule has 0 amide bonds. The molecule has 3 heterocycles. The molecule has 0 spiro atoms. The first kappa shape index (κ1) is 17.5. The van der Waals surface area contributed by atoms with Gasteiger partial charge in [-0.15, -0.1) is 11.3 Å². The Hall–Kier alpha value is -2.34. The second-order valence-corrected chi connectivity index (χ2v) is 7.03. The van der Waals surface area contributed by atoms with Gasteiger partial charge in [-0.2, -0.15) is 0 Å². The first-order valence-electron chi connectivity index (χ1n) is 8.63. The highest BCUT2D eigenvalue weighted by atomic mass is 32.1. The van der Waals surface area contributed by atoms with E-state index in [0.717, 1.165) is 42.3 Å². The molecular weight excluding hydrogens is 330 g/mol. The normalized spacial score (nSPS) is 11.0. The van der Waals surface area contributed by atoms with Gasteiger partial charge in [0.1, 0.15) is 11.5 Å². The molecule has 25 heavy (non-hydrogen) atoms. The molecule has 0 aliphatic carbocycles. The largest absolute Gasteiger partial charge is 0.370 e. The van der Waals surface area contributed by atoms with E-state index in [0.29, 0.717) is 11.7 Å². The van der Waals surface area contributed by atoms with Crippen LogP contribution in [-0.2, 0) is 12.8 Å². The average Bonchev–Trinajstić information content (AvgIpc) is 3.11. The zero-order chi connectivity index (χ0) is 17.6. The molecule has 0 bridgehead atoms. The number of anilines is 1. The van der Waals surface area contributed by atoms with Gasteiger partial charge in [0.15, 0.2) is 5.82 Å². The molecule has 1 N–H and O–H groups in total. The third kappa shape index (κ3) is 4.60. The van der Waals surface area contributed by atoms with Crippen molar-refractivity contribution < 1.29 is 0 Å². The van der Waals surface area contributed by atoms with Crippen molar-refractivity contribution >= 4 is 17.2 Å². The maximum atomic E-state index is 4.68. The third-order valence-corrected chi connectivity index (χ3v) is 4.98. The Morgan fingerprint density at radius 3 is 2.68 bits per heavy atom. The molecule has 0 aliphatic rings. The Labute approximate surface area is 152 Å². The summed E-state index contributed by atoms with van der Waals surface area (Å²) in [5, 5.41) is 6.75. The van der Waals surface area contributed by atoms with Crippen LogP contribution in [-0.4, -0.2) is 26.5 Å². The Morgan fingerprint density at radius 2 is 2.00 bits per heavy atom. The van der Waals surface area contributed by atoms with Gasteiger partial charge in [0.2, 0.25) is 0 Å². The summed E-state index contributed by atoms with van der Waals surface area (Å²) in [6, 6.07) is 7.78. The van der Waals surface area contributed by atoms with Crippen molar-refractivity contribution in [2.75, 3.05) is 11.9 Å². The Balaban J connectivity index is 1.69. The lowest BCUT2D eigenvalue weighted by Crippen LogP contribution is -2.09. The molecule has 0 saturated carbocycles. The van der Waals surface area contributed by atoms with E-state index in [2.05, 4.69) is 51.4 Å². The van der Waals surface area contributed by atoms with Crippen LogP contribution in [0.3, 0.4) is 0 Å². The van der Waals surface area contributed by atoms with Crippen molar-refractivity contribution in [3.8, 4) is 11.5 Å². The van der Waals surface area contributed by atoms with Crippen LogP contribution in [0.2, 0.25) is 0 Å². The van der Waals surface area contributed by atoms with Crippen molar-refractivity contribution in [2.24, 2.45) is 0 Å². The van der Waals surface area contributed by atoms with Crippen LogP contribution < -0.4 is 5.32 Å². The molecule has 0 atom stereocenters. The topological polar surface area (TPSA) is 63.6 Å². The number of pyridine rings is 1. The van der Waals surface area contributed by atoms with Crippen LogP contribution in [0.5, 0.6) is 0 Å². The van der Waals surface area contributed by atoms with E-state index in [4.69, 9.17) is 0 Å². The lowest BCUT2D eigenvalue weighted by Gasteiger charge is -2.08. The van der Waals surface area contributed by atoms with Crippen molar-refractivity contribution in [3.05, 3.63) is 52.2 Å². The lowest BCUT2D eigenvalue weighted by molar-refractivity contribution is 0.835. The molecule has 3 aromatic heterocycles. The van der Waals surface area contributed by atoms with Gasteiger partial charge in [0.25, 0.3) is 0 Å². The summed E-state index contributed by atoms with van der Waals surface area (Å²) in [5.74, 6) is 1.99. The Kier molecular flexibility index (Phi) is 5.71. The van der Waals surface area contributed by atoms with E-state index in [9.17, 15) is 0 Å². The number of hydrogen-bond donors (Lipinski definition) is 1. The molecular formula is C19H23N5S. The quantitative estimate of drug-likeness (QED) is 0.685. The monoisotopic (exact) mass is 353 g/mol. The van der Waals surface area contributed by atoms with Crippen LogP contribution in [0.1, 0.15) is 43.1 Å². The van der Waals surface area contributed by atoms with Crippen LogP contribution >= 0.6 is 11.3 Å². The molecule has 3 rings (SSSR count). The molecule has 0 unspecified atom stereocenters. The number of aryl methyl sites for hydroxylation is 1. The van der Waals surface area contributed by atoms with Crippen molar-refractivity contribution in [1.82, 2.24) is 19.9 Å². The molecule has 130 valence electrons. The van der Waals surface area contributed by atoms with Gasteiger partial charge < -0.3 is 5.32 Å². The zero-order valence-electron chi connectivity index (χ0n) is 14.9. The lowest BCUT2D eigenvalue weighted by atomic mass is 10.2. The van der Waals surface area contributed by atoms with Gasteiger partial charge in [-0.1, -0.05) is 26.8 Å². The van der Waals surface area contributed by atoms with Crippen LogP contribution in [0.25, 0.3) is 11.5 Å². The van der Waals surface area contributed by atoms with Gasteiger partial charge in [-0.05, 0) is 18.6 Å². The third-order valence-electron chi connectivity index (χ3n) is 3.79. The van der Waals surface area contributed by atoms with Gasteiger partial charge in [-0.25, -0.2) is 15.0 Å². The maximum Gasteiger partial charge on any atom is 0.180 e. The highest BCUT2D eigenvalue weighted by Gasteiger charge is 2.08. The summed E-state index contributed by atoms with van der Waals surface area (Å²) in [5.41, 5.74) is 2.94. The van der Waals surface area contributed by atoms with E-state index in [1.165, 1.54) is 5.01 Å². The van der Waals surface area contributed by atoms with E-state index in [-0.39, 0.29) is 0 Å². The van der Waals surface area contributed by atoms with Crippen molar-refractivity contribution in [3.63, 3.8) is 0 Å². The van der Waals surface area contributed by atoms with Crippen LogP contribution in [0.15, 0.2) is 35.8 Å². The summed E-state index contributed by atoms with van der Waals surface area (Å²) in [7, 11) is 0. The van der Waals surface area contributed by atoms with Gasteiger partial charge in [-0.3, -0.25) is 4.98 Å². The van der Waals surface area contributed by atoms with Gasteiger partial charge in [0.05, 0.1) is 10.7 Å². The molecule has 0 fully saturated rings. The smallest absolute Gasteiger partial charge is 0.180 e. The summed E-state index contributed by atoms with van der Waals surface area (Å²) in [6.45, 7) is 7.24. The SMILES string of the molecule is CCc1cc(NCCc2csc(C(C)C)n2)nc(-c2ccccn2)n1.